The Hall–Kier alpha value is -2.04. The van der Waals surface area contributed by atoms with Crippen molar-refractivity contribution in [2.24, 2.45) is 5.73 Å². The summed E-state index contributed by atoms with van der Waals surface area (Å²) >= 11 is 3.09. The molecule has 0 saturated heterocycles. The van der Waals surface area contributed by atoms with Crippen LogP contribution in [0.4, 0.5) is 4.39 Å². The summed E-state index contributed by atoms with van der Waals surface area (Å²) in [6.07, 6.45) is 1.38. The van der Waals surface area contributed by atoms with Gasteiger partial charge in [-0.1, -0.05) is 15.9 Å². The van der Waals surface area contributed by atoms with Crippen molar-refractivity contribution in [1.82, 2.24) is 10.1 Å². The van der Waals surface area contributed by atoms with Crippen molar-refractivity contribution >= 4 is 29.6 Å². The Morgan fingerprint density at radius 1 is 1.48 bits per heavy atom. The smallest absolute Gasteiger partial charge is 0.459 e. The molecular formula is C17H20BrFN3O6P. The minimum Gasteiger partial charge on any atom is -0.506 e. The molecule has 0 amide bonds. The van der Waals surface area contributed by atoms with E-state index in [0.717, 1.165) is 6.07 Å². The van der Waals surface area contributed by atoms with Gasteiger partial charge in [0.2, 0.25) is 0 Å². The highest BCUT2D eigenvalue weighted by Crippen LogP contribution is 2.47. The molecule has 0 aliphatic heterocycles. The first-order chi connectivity index (χ1) is 13.6. The van der Waals surface area contributed by atoms with E-state index in [1.54, 1.807) is 6.92 Å². The van der Waals surface area contributed by atoms with Crippen LogP contribution in [0.25, 0.3) is 0 Å². The van der Waals surface area contributed by atoms with Gasteiger partial charge < -0.3 is 20.5 Å². The van der Waals surface area contributed by atoms with Gasteiger partial charge in [-0.3, -0.25) is 14.3 Å². The predicted octanol–water partition coefficient (Wildman–Crippen LogP) is 3.22. The zero-order valence-electron chi connectivity index (χ0n) is 15.6. The second-order valence-corrected chi connectivity index (χ2v) is 8.64. The van der Waals surface area contributed by atoms with Gasteiger partial charge in [0, 0.05) is 28.3 Å². The number of nitrogens with two attached hydrogens (primary N) is 1. The topological polar surface area (TPSA) is 144 Å². The van der Waals surface area contributed by atoms with Crippen LogP contribution in [-0.2, 0) is 27.0 Å². The van der Waals surface area contributed by atoms with Crippen molar-refractivity contribution in [3.05, 3.63) is 51.5 Å². The molecule has 29 heavy (non-hydrogen) atoms. The number of carboxylic acids is 1. The largest absolute Gasteiger partial charge is 0.506 e. The first kappa shape index (κ1) is 23.2. The Bertz CT molecular complexity index is 961. The van der Waals surface area contributed by atoms with Crippen LogP contribution in [0.1, 0.15) is 23.7 Å². The molecule has 9 nitrogen and oxygen atoms in total. The number of aromatic hydroxyl groups is 1. The molecule has 0 fully saturated rings. The lowest BCUT2D eigenvalue weighted by Gasteiger charge is -2.22. The van der Waals surface area contributed by atoms with Crippen molar-refractivity contribution in [3.63, 3.8) is 0 Å². The molecule has 2 rings (SSSR count). The second-order valence-electron chi connectivity index (χ2n) is 6.03. The van der Waals surface area contributed by atoms with Crippen LogP contribution in [0.3, 0.4) is 0 Å². The fourth-order valence-electron chi connectivity index (χ4n) is 2.25. The molecule has 158 valence electrons. The van der Waals surface area contributed by atoms with E-state index in [-0.39, 0.29) is 18.9 Å². The Morgan fingerprint density at radius 2 is 2.17 bits per heavy atom. The van der Waals surface area contributed by atoms with Crippen molar-refractivity contribution in [2.75, 3.05) is 0 Å². The summed E-state index contributed by atoms with van der Waals surface area (Å²) in [5.74, 6) is -2.67. The number of benzene rings is 1. The van der Waals surface area contributed by atoms with Crippen molar-refractivity contribution < 1.29 is 33.0 Å². The van der Waals surface area contributed by atoms with Gasteiger partial charge >= 0.3 is 13.7 Å². The minimum atomic E-state index is -4.35. The molecule has 0 radical (unpaired) electrons. The number of nitrogens with zero attached hydrogens (tertiary/aromatic N) is 1. The van der Waals surface area contributed by atoms with Crippen molar-refractivity contribution in [2.45, 2.75) is 33.0 Å². The maximum absolute atomic E-state index is 14.1. The SMILES string of the molecule is Cc1ncc(COP(=O)(NC(C)C(=O)O)Oc2ccc(Br)cc2F)c(CN)c1O. The fraction of sp³-hybridized carbons (Fsp3) is 0.294. The standard InChI is InChI=1S/C17H20BrFN3O6P/c1-9-16(23)13(6-20)11(7-21-9)8-27-29(26,22-10(2)17(24)25)28-15-4-3-12(18)5-14(15)19/h3-5,7,10,23H,6,8,20H2,1-2H3,(H,22,26)(H,24,25). The van der Waals surface area contributed by atoms with E-state index in [1.165, 1.54) is 25.3 Å². The summed E-state index contributed by atoms with van der Waals surface area (Å²) in [7, 11) is -4.35. The molecule has 1 aromatic carbocycles. The lowest BCUT2D eigenvalue weighted by atomic mass is 10.1. The van der Waals surface area contributed by atoms with Crippen LogP contribution in [0.2, 0.25) is 0 Å². The number of nitrogens with one attached hydrogen (secondary N) is 1. The lowest BCUT2D eigenvalue weighted by molar-refractivity contribution is -0.138. The van der Waals surface area contributed by atoms with E-state index in [0.29, 0.717) is 21.3 Å². The first-order valence-electron chi connectivity index (χ1n) is 8.32. The second kappa shape index (κ2) is 9.64. The fourth-order valence-corrected chi connectivity index (χ4v) is 4.07. The summed E-state index contributed by atoms with van der Waals surface area (Å²) in [6, 6.07) is 2.44. The summed E-state index contributed by atoms with van der Waals surface area (Å²) < 4.78 is 38.2. The van der Waals surface area contributed by atoms with Gasteiger partial charge in [-0.15, -0.1) is 0 Å². The van der Waals surface area contributed by atoms with Gasteiger partial charge in [-0.25, -0.2) is 8.96 Å². The highest BCUT2D eigenvalue weighted by molar-refractivity contribution is 9.10. The molecule has 12 heteroatoms. The number of pyridine rings is 1. The Balaban J connectivity index is 2.32. The van der Waals surface area contributed by atoms with E-state index in [2.05, 4.69) is 26.0 Å². The molecule has 5 N–H and O–H groups in total. The van der Waals surface area contributed by atoms with Gasteiger partial charge in [0.1, 0.15) is 11.8 Å². The Labute approximate surface area is 174 Å². The molecule has 2 unspecified atom stereocenters. The number of aliphatic carboxylic acids is 1. The van der Waals surface area contributed by atoms with Crippen LogP contribution >= 0.6 is 23.7 Å². The molecule has 0 spiro atoms. The normalized spacial score (nSPS) is 14.2. The third-order valence-corrected chi connectivity index (χ3v) is 5.96. The van der Waals surface area contributed by atoms with Crippen molar-refractivity contribution in [3.8, 4) is 11.5 Å². The number of carboxylic acid groups (broad SMARTS) is 1. The van der Waals surface area contributed by atoms with E-state index in [4.69, 9.17) is 19.9 Å². The Morgan fingerprint density at radius 3 is 2.76 bits per heavy atom. The van der Waals surface area contributed by atoms with Gasteiger partial charge in [0.05, 0.1) is 12.3 Å². The molecule has 1 aromatic heterocycles. The number of hydrogen-bond donors (Lipinski definition) is 4. The zero-order chi connectivity index (χ0) is 21.8. The molecule has 0 aliphatic carbocycles. The molecule has 0 bridgehead atoms. The van der Waals surface area contributed by atoms with Crippen LogP contribution in [0.5, 0.6) is 11.5 Å². The number of carbonyl (C=O) groups is 1. The molecule has 2 aromatic rings. The predicted molar refractivity (Wildman–Crippen MR) is 106 cm³/mol. The molecular weight excluding hydrogens is 472 g/mol. The minimum absolute atomic E-state index is 0.0423. The number of rotatable bonds is 9. The van der Waals surface area contributed by atoms with Gasteiger partial charge in [0.15, 0.2) is 11.6 Å². The van der Waals surface area contributed by atoms with Gasteiger partial charge in [-0.2, -0.15) is 5.09 Å². The maximum Gasteiger partial charge on any atom is 0.459 e. The third-order valence-electron chi connectivity index (χ3n) is 3.86. The molecule has 0 saturated carbocycles. The average Bonchev–Trinajstić information content (AvgIpc) is 2.65. The van der Waals surface area contributed by atoms with Crippen LogP contribution in [-0.4, -0.2) is 27.2 Å². The maximum atomic E-state index is 14.1. The molecule has 2 atom stereocenters. The highest BCUT2D eigenvalue weighted by atomic mass is 79.9. The lowest BCUT2D eigenvalue weighted by Crippen LogP contribution is -2.33. The van der Waals surface area contributed by atoms with Crippen LogP contribution < -0.4 is 15.3 Å². The quantitative estimate of drug-likeness (QED) is 0.388. The van der Waals surface area contributed by atoms with Crippen molar-refractivity contribution in [1.29, 1.82) is 0 Å². The first-order valence-corrected chi connectivity index (χ1v) is 10.7. The number of aromatic nitrogens is 1. The number of halogens is 2. The monoisotopic (exact) mass is 491 g/mol. The van der Waals surface area contributed by atoms with E-state index >= 15 is 0 Å². The van der Waals surface area contributed by atoms with E-state index < -0.39 is 31.3 Å². The van der Waals surface area contributed by atoms with E-state index in [9.17, 15) is 18.9 Å². The summed E-state index contributed by atoms with van der Waals surface area (Å²) in [4.78, 5) is 15.2. The van der Waals surface area contributed by atoms with Gasteiger partial charge in [0.25, 0.3) is 0 Å². The summed E-state index contributed by atoms with van der Waals surface area (Å²) in [6.45, 7) is 2.38. The highest BCUT2D eigenvalue weighted by Gasteiger charge is 2.33. The number of aryl methyl sites for hydroxylation is 1. The van der Waals surface area contributed by atoms with E-state index in [1.807, 2.05) is 0 Å². The van der Waals surface area contributed by atoms with Crippen LogP contribution in [0.15, 0.2) is 28.9 Å². The summed E-state index contributed by atoms with van der Waals surface area (Å²) in [5, 5.41) is 21.4. The van der Waals surface area contributed by atoms with Crippen LogP contribution in [0, 0.1) is 12.7 Å². The number of hydrogen-bond acceptors (Lipinski definition) is 7. The zero-order valence-corrected chi connectivity index (χ0v) is 18.0. The summed E-state index contributed by atoms with van der Waals surface area (Å²) in [5.41, 5.74) is 6.64. The van der Waals surface area contributed by atoms with Gasteiger partial charge in [-0.05, 0) is 32.0 Å². The molecule has 1 heterocycles. The third kappa shape index (κ3) is 5.97. The Kier molecular flexibility index (Phi) is 7.73. The molecule has 0 aliphatic rings. The average molecular weight is 492 g/mol.